The van der Waals surface area contributed by atoms with Crippen molar-refractivity contribution in [1.29, 1.82) is 0 Å². The minimum absolute atomic E-state index is 0.0943. The number of furan rings is 1. The zero-order valence-corrected chi connectivity index (χ0v) is 23.6. The lowest BCUT2D eigenvalue weighted by Gasteiger charge is -2.39. The van der Waals surface area contributed by atoms with Crippen molar-refractivity contribution in [3.63, 3.8) is 0 Å². The molecule has 2 fully saturated rings. The van der Waals surface area contributed by atoms with Crippen LogP contribution in [-0.4, -0.2) is 96.9 Å². The van der Waals surface area contributed by atoms with Crippen LogP contribution in [0.1, 0.15) is 44.1 Å². The average molecular weight is 585 g/mol. The molecule has 2 aromatic carbocycles. The Morgan fingerprint density at radius 1 is 0.791 bits per heavy atom. The molecule has 5 heterocycles. The summed E-state index contributed by atoms with van der Waals surface area (Å²) in [6.45, 7) is 3.46. The maximum atomic E-state index is 13.6. The quantitative estimate of drug-likeness (QED) is 0.421. The summed E-state index contributed by atoms with van der Waals surface area (Å²) < 4.78 is 17.0. The van der Waals surface area contributed by atoms with Crippen molar-refractivity contribution < 1.29 is 33.1 Å². The number of hydrogen-bond acceptors (Lipinski definition) is 8. The van der Waals surface area contributed by atoms with Crippen molar-refractivity contribution in [2.24, 2.45) is 5.92 Å². The molecular formula is C32H32N4O7. The van der Waals surface area contributed by atoms with Crippen LogP contribution >= 0.6 is 0 Å². The molecule has 0 aliphatic carbocycles. The van der Waals surface area contributed by atoms with Gasteiger partial charge < -0.3 is 28.6 Å². The number of anilines is 1. The summed E-state index contributed by atoms with van der Waals surface area (Å²) in [5, 5.41) is 0. The lowest BCUT2D eigenvalue weighted by Crippen LogP contribution is -2.53. The molecule has 3 aromatic rings. The van der Waals surface area contributed by atoms with Gasteiger partial charge in [-0.15, -0.1) is 0 Å². The van der Waals surface area contributed by atoms with Gasteiger partial charge in [0.15, 0.2) is 23.4 Å². The molecule has 4 amide bonds. The summed E-state index contributed by atoms with van der Waals surface area (Å²) in [5.74, 6) is 0.710. The maximum Gasteiger partial charge on any atom is 0.289 e. The molecule has 1 aromatic heterocycles. The molecule has 43 heavy (non-hydrogen) atoms. The fraction of sp³-hybridized carbons (Fsp3) is 0.375. The normalized spacial score (nSPS) is 20.4. The van der Waals surface area contributed by atoms with Crippen LogP contribution in [0.4, 0.5) is 5.69 Å². The smallest absolute Gasteiger partial charge is 0.289 e. The third-order valence-corrected chi connectivity index (χ3v) is 8.73. The minimum atomic E-state index is -0.465. The Kier molecular flexibility index (Phi) is 7.00. The predicted molar refractivity (Wildman–Crippen MR) is 154 cm³/mol. The number of rotatable bonds is 5. The first kappa shape index (κ1) is 27.1. The molecule has 222 valence electrons. The van der Waals surface area contributed by atoms with Crippen molar-refractivity contribution in [2.45, 2.75) is 18.9 Å². The first-order valence-electron chi connectivity index (χ1n) is 14.7. The van der Waals surface area contributed by atoms with Gasteiger partial charge in [-0.05, 0) is 49.2 Å². The zero-order valence-electron chi connectivity index (χ0n) is 23.6. The van der Waals surface area contributed by atoms with E-state index in [1.54, 1.807) is 35.2 Å². The van der Waals surface area contributed by atoms with Gasteiger partial charge in [0.05, 0.1) is 29.6 Å². The topological polar surface area (TPSA) is 113 Å². The standard InChI is InChI=1S/C32H32N4O7/c37-29(34-14-16-35(17-15-34)31(39)27-9-4-18-41-27)21-10-12-33(13-11-21)24-6-3-5-23-28(24)32(40)36(30(23)38)19-22-20-42-25-7-1-2-8-26(25)43-22/h1-9,18,21-22H,10-17,19-20H2/t22-/m0/s1. The highest BCUT2D eigenvalue weighted by molar-refractivity contribution is 6.23. The summed E-state index contributed by atoms with van der Waals surface area (Å²) in [7, 11) is 0. The Balaban J connectivity index is 0.964. The molecule has 11 heteroatoms. The van der Waals surface area contributed by atoms with Crippen LogP contribution < -0.4 is 14.4 Å². The minimum Gasteiger partial charge on any atom is -0.486 e. The molecule has 1 atom stereocenters. The van der Waals surface area contributed by atoms with E-state index in [-0.39, 0.29) is 42.7 Å². The van der Waals surface area contributed by atoms with E-state index in [9.17, 15) is 19.2 Å². The number of fused-ring (bicyclic) bond motifs is 2. The molecule has 4 aliphatic heterocycles. The van der Waals surface area contributed by atoms with Gasteiger partial charge in [0, 0.05) is 45.2 Å². The van der Waals surface area contributed by atoms with Gasteiger partial charge in [-0.2, -0.15) is 0 Å². The van der Waals surface area contributed by atoms with E-state index in [2.05, 4.69) is 4.90 Å². The third kappa shape index (κ3) is 4.98. The van der Waals surface area contributed by atoms with Crippen molar-refractivity contribution in [1.82, 2.24) is 14.7 Å². The number of nitrogens with zero attached hydrogens (tertiary/aromatic N) is 4. The van der Waals surface area contributed by atoms with Gasteiger partial charge in [0.25, 0.3) is 17.7 Å². The largest absolute Gasteiger partial charge is 0.486 e. The van der Waals surface area contributed by atoms with Gasteiger partial charge >= 0.3 is 0 Å². The van der Waals surface area contributed by atoms with Crippen molar-refractivity contribution in [3.8, 4) is 11.5 Å². The first-order chi connectivity index (χ1) is 21.0. The Bertz CT molecular complexity index is 1560. The van der Waals surface area contributed by atoms with Crippen molar-refractivity contribution in [2.75, 3.05) is 57.3 Å². The fourth-order valence-corrected chi connectivity index (χ4v) is 6.41. The number of benzene rings is 2. The number of piperazine rings is 1. The molecular weight excluding hydrogens is 552 g/mol. The van der Waals surface area contributed by atoms with E-state index < -0.39 is 6.10 Å². The molecule has 2 saturated heterocycles. The lowest BCUT2D eigenvalue weighted by atomic mass is 9.93. The second-order valence-corrected chi connectivity index (χ2v) is 11.3. The highest BCUT2D eigenvalue weighted by atomic mass is 16.6. The van der Waals surface area contributed by atoms with E-state index in [1.807, 2.05) is 29.2 Å². The molecule has 11 nitrogen and oxygen atoms in total. The SMILES string of the molecule is O=C(c1ccco1)N1CCN(C(=O)C2CCN(c3cccc4c3C(=O)N(C[C@H]3COc5ccccc5O3)C4=O)CC2)CC1. The van der Waals surface area contributed by atoms with Crippen LogP contribution in [0.3, 0.4) is 0 Å². The van der Waals surface area contributed by atoms with Gasteiger partial charge in [0.1, 0.15) is 6.61 Å². The number of para-hydroxylation sites is 2. The number of imide groups is 1. The molecule has 0 unspecified atom stereocenters. The number of amides is 4. The van der Waals surface area contributed by atoms with Crippen LogP contribution in [0, 0.1) is 5.92 Å². The maximum absolute atomic E-state index is 13.6. The van der Waals surface area contributed by atoms with Crippen LogP contribution in [-0.2, 0) is 4.79 Å². The van der Waals surface area contributed by atoms with Crippen LogP contribution in [0.25, 0.3) is 0 Å². The van der Waals surface area contributed by atoms with E-state index >= 15 is 0 Å². The van der Waals surface area contributed by atoms with Gasteiger partial charge in [-0.1, -0.05) is 18.2 Å². The highest BCUT2D eigenvalue weighted by Crippen LogP contribution is 2.36. The number of piperidine rings is 1. The first-order valence-corrected chi connectivity index (χ1v) is 14.7. The van der Waals surface area contributed by atoms with Crippen molar-refractivity contribution in [3.05, 3.63) is 77.7 Å². The van der Waals surface area contributed by atoms with Crippen LogP contribution in [0.2, 0.25) is 0 Å². The second kappa shape index (κ2) is 11.1. The third-order valence-electron chi connectivity index (χ3n) is 8.73. The number of ether oxygens (including phenoxy) is 2. The molecule has 4 aliphatic rings. The summed E-state index contributed by atoms with van der Waals surface area (Å²) in [4.78, 5) is 59.8. The summed E-state index contributed by atoms with van der Waals surface area (Å²) in [5.41, 5.74) is 1.52. The molecule has 0 saturated carbocycles. The highest BCUT2D eigenvalue weighted by Gasteiger charge is 2.41. The van der Waals surface area contributed by atoms with Crippen LogP contribution in [0.15, 0.2) is 65.3 Å². The summed E-state index contributed by atoms with van der Waals surface area (Å²) >= 11 is 0. The Hall–Kier alpha value is -4.80. The fourth-order valence-electron chi connectivity index (χ4n) is 6.41. The Labute approximate surface area is 248 Å². The zero-order chi connectivity index (χ0) is 29.5. The average Bonchev–Trinajstić information content (AvgIpc) is 3.68. The van der Waals surface area contributed by atoms with E-state index in [4.69, 9.17) is 13.9 Å². The summed E-state index contributed by atoms with van der Waals surface area (Å²) in [6, 6.07) is 16.1. The number of carbonyl (C=O) groups is 4. The molecule has 0 spiro atoms. The van der Waals surface area contributed by atoms with Gasteiger partial charge in [0.2, 0.25) is 5.91 Å². The predicted octanol–water partition coefficient (Wildman–Crippen LogP) is 2.92. The molecule has 0 N–H and O–H groups in total. The van der Waals surface area contributed by atoms with Crippen LogP contribution in [0.5, 0.6) is 11.5 Å². The summed E-state index contributed by atoms with van der Waals surface area (Å²) in [6.07, 6.45) is 2.31. The second-order valence-electron chi connectivity index (χ2n) is 11.3. The molecule has 7 rings (SSSR count). The number of hydrogen-bond donors (Lipinski definition) is 0. The molecule has 0 radical (unpaired) electrons. The molecule has 0 bridgehead atoms. The lowest BCUT2D eigenvalue weighted by molar-refractivity contribution is -0.137. The van der Waals surface area contributed by atoms with Gasteiger partial charge in [-0.3, -0.25) is 24.1 Å². The Morgan fingerprint density at radius 3 is 2.28 bits per heavy atom. The van der Waals surface area contributed by atoms with Gasteiger partial charge in [-0.25, -0.2) is 0 Å². The van der Waals surface area contributed by atoms with E-state index in [0.717, 1.165) is 5.69 Å². The van der Waals surface area contributed by atoms with E-state index in [1.165, 1.54) is 11.2 Å². The number of carbonyl (C=O) groups excluding carboxylic acids is 4. The van der Waals surface area contributed by atoms with E-state index in [0.29, 0.717) is 80.5 Å². The van der Waals surface area contributed by atoms with Crippen molar-refractivity contribution >= 4 is 29.3 Å². The Morgan fingerprint density at radius 2 is 1.53 bits per heavy atom. The monoisotopic (exact) mass is 584 g/mol.